The zero-order valence-corrected chi connectivity index (χ0v) is 13.6. The maximum atomic E-state index is 11.9. The number of amidine groups is 1. The van der Waals surface area contributed by atoms with Crippen molar-refractivity contribution < 1.29 is 14.5 Å². The van der Waals surface area contributed by atoms with Crippen molar-refractivity contribution in [3.05, 3.63) is 57.0 Å². The lowest BCUT2D eigenvalue weighted by atomic mass is 10.2. The van der Waals surface area contributed by atoms with Gasteiger partial charge in [-0.15, -0.1) is 0 Å². The Labute approximate surface area is 142 Å². The van der Waals surface area contributed by atoms with E-state index < -0.39 is 4.92 Å². The normalized spacial score (nSPS) is 20.0. The third kappa shape index (κ3) is 3.90. The second-order valence-corrected chi connectivity index (χ2v) is 6.15. The molecule has 0 spiro atoms. The van der Waals surface area contributed by atoms with Crippen molar-refractivity contribution in [1.82, 2.24) is 4.90 Å². The van der Waals surface area contributed by atoms with Gasteiger partial charge in [-0.2, -0.15) is 4.99 Å². The Morgan fingerprint density at radius 1 is 1.25 bits per heavy atom. The number of nitrogens with zero attached hydrogens (tertiary/aromatic N) is 3. The number of rotatable bonds is 3. The van der Waals surface area contributed by atoms with Crippen LogP contribution in [0.5, 0.6) is 0 Å². The van der Waals surface area contributed by atoms with Gasteiger partial charge in [0, 0.05) is 25.2 Å². The molecule has 0 saturated carbocycles. The van der Waals surface area contributed by atoms with Gasteiger partial charge in [0.2, 0.25) is 0 Å². The van der Waals surface area contributed by atoms with E-state index in [9.17, 15) is 14.9 Å². The molecular formula is C16H15N3O4S. The minimum Gasteiger partial charge on any atom is -0.378 e. The van der Waals surface area contributed by atoms with E-state index in [-0.39, 0.29) is 11.6 Å². The zero-order chi connectivity index (χ0) is 16.9. The number of aliphatic imine (C=N–C) groups is 1. The molecule has 0 radical (unpaired) electrons. The zero-order valence-electron chi connectivity index (χ0n) is 12.8. The summed E-state index contributed by atoms with van der Waals surface area (Å²) in [7, 11) is 0. The minimum absolute atomic E-state index is 0.0515. The summed E-state index contributed by atoms with van der Waals surface area (Å²) in [5.74, 6) is -0.241. The number of hydrogen-bond acceptors (Lipinski definition) is 6. The Hall–Kier alpha value is -2.45. The van der Waals surface area contributed by atoms with Crippen molar-refractivity contribution in [2.75, 3.05) is 26.3 Å². The Kier molecular flexibility index (Phi) is 5.07. The molecule has 8 heteroatoms. The van der Waals surface area contributed by atoms with E-state index >= 15 is 0 Å². The Morgan fingerprint density at radius 2 is 1.96 bits per heavy atom. The Balaban J connectivity index is 1.62. The third-order valence-electron chi connectivity index (χ3n) is 3.53. The molecule has 0 atom stereocenters. The van der Waals surface area contributed by atoms with Gasteiger partial charge in [-0.25, -0.2) is 0 Å². The fourth-order valence-electron chi connectivity index (χ4n) is 2.26. The van der Waals surface area contributed by atoms with Crippen LogP contribution in [0.2, 0.25) is 0 Å². The smallest absolute Gasteiger partial charge is 0.286 e. The van der Waals surface area contributed by atoms with Crippen molar-refractivity contribution >= 4 is 34.6 Å². The van der Waals surface area contributed by atoms with Crippen LogP contribution in [0, 0.1) is 10.1 Å². The van der Waals surface area contributed by atoms with Gasteiger partial charge < -0.3 is 9.64 Å². The first kappa shape index (κ1) is 16.4. The van der Waals surface area contributed by atoms with E-state index in [2.05, 4.69) is 4.99 Å². The number of carbonyl (C=O) groups is 1. The number of hydrogen-bond donors (Lipinski definition) is 0. The van der Waals surface area contributed by atoms with E-state index in [0.717, 1.165) is 23.8 Å². The van der Waals surface area contributed by atoms with Gasteiger partial charge in [-0.05, 0) is 35.5 Å². The highest BCUT2D eigenvalue weighted by Crippen LogP contribution is 2.28. The monoisotopic (exact) mass is 345 g/mol. The molecule has 1 aromatic rings. The summed E-state index contributed by atoms with van der Waals surface area (Å²) in [5, 5.41) is 11.3. The van der Waals surface area contributed by atoms with E-state index in [0.29, 0.717) is 18.1 Å². The molecule has 7 nitrogen and oxygen atoms in total. The van der Waals surface area contributed by atoms with Crippen LogP contribution in [0.4, 0.5) is 5.69 Å². The van der Waals surface area contributed by atoms with Crippen LogP contribution < -0.4 is 0 Å². The van der Waals surface area contributed by atoms with Gasteiger partial charge in [0.1, 0.15) is 0 Å². The molecule has 0 N–H and O–H groups in total. The van der Waals surface area contributed by atoms with Crippen LogP contribution in [0.25, 0.3) is 6.08 Å². The van der Waals surface area contributed by atoms with Crippen LogP contribution in [-0.2, 0) is 9.53 Å². The summed E-state index contributed by atoms with van der Waals surface area (Å²) in [5.41, 5.74) is 0.873. The van der Waals surface area contributed by atoms with Gasteiger partial charge in [0.15, 0.2) is 5.17 Å². The molecule has 1 fully saturated rings. The molecule has 1 saturated heterocycles. The Bertz CT molecular complexity index is 734. The van der Waals surface area contributed by atoms with Crippen molar-refractivity contribution in [3.8, 4) is 0 Å². The first-order chi connectivity index (χ1) is 11.6. The molecule has 2 heterocycles. The van der Waals surface area contributed by atoms with Crippen LogP contribution in [0.3, 0.4) is 0 Å². The van der Waals surface area contributed by atoms with Crippen LogP contribution in [-0.4, -0.2) is 47.2 Å². The van der Waals surface area contributed by atoms with E-state index in [1.807, 2.05) is 4.90 Å². The molecule has 1 amide bonds. The summed E-state index contributed by atoms with van der Waals surface area (Å²) in [6.07, 6.45) is 5.25. The quantitative estimate of drug-likeness (QED) is 0.475. The highest BCUT2D eigenvalue weighted by Gasteiger charge is 2.26. The molecule has 2 aliphatic heterocycles. The summed E-state index contributed by atoms with van der Waals surface area (Å²) in [6, 6.07) is 6.21. The second kappa shape index (κ2) is 7.41. The first-order valence-corrected chi connectivity index (χ1v) is 8.21. The maximum Gasteiger partial charge on any atom is 0.286 e. The molecule has 24 heavy (non-hydrogen) atoms. The molecule has 0 aliphatic carbocycles. The number of nitro benzene ring substituents is 1. The number of thioether (sulfide) groups is 1. The Morgan fingerprint density at radius 3 is 2.62 bits per heavy atom. The van der Waals surface area contributed by atoms with Crippen LogP contribution in [0.1, 0.15) is 5.56 Å². The number of morpholine rings is 1. The number of non-ortho nitro benzene ring substituents is 1. The van der Waals surface area contributed by atoms with E-state index in [4.69, 9.17) is 4.74 Å². The van der Waals surface area contributed by atoms with Crippen molar-refractivity contribution in [3.63, 3.8) is 0 Å². The van der Waals surface area contributed by atoms with Gasteiger partial charge >= 0.3 is 0 Å². The van der Waals surface area contributed by atoms with Crippen molar-refractivity contribution in [1.29, 1.82) is 0 Å². The molecule has 0 unspecified atom stereocenters. The van der Waals surface area contributed by atoms with Crippen molar-refractivity contribution in [2.24, 2.45) is 4.99 Å². The summed E-state index contributed by atoms with van der Waals surface area (Å²) >= 11 is 1.36. The van der Waals surface area contributed by atoms with Gasteiger partial charge in [-0.3, -0.25) is 14.9 Å². The fraction of sp³-hybridized carbons (Fsp3) is 0.250. The SMILES string of the molecule is O=C1N=C(N2CCOCC2)S/C1=C\C=C\c1ccc([N+](=O)[O-])cc1. The molecule has 3 rings (SSSR count). The lowest BCUT2D eigenvalue weighted by molar-refractivity contribution is -0.384. The maximum absolute atomic E-state index is 11.9. The lowest BCUT2D eigenvalue weighted by Gasteiger charge is -2.27. The molecule has 1 aromatic carbocycles. The van der Waals surface area contributed by atoms with Crippen LogP contribution >= 0.6 is 11.8 Å². The number of nitro groups is 1. The molecular weight excluding hydrogens is 330 g/mol. The molecule has 0 bridgehead atoms. The van der Waals surface area contributed by atoms with Crippen LogP contribution in [0.15, 0.2) is 46.3 Å². The van der Waals surface area contributed by atoms with Gasteiger partial charge in [-0.1, -0.05) is 12.2 Å². The topological polar surface area (TPSA) is 85.0 Å². The minimum atomic E-state index is -0.437. The van der Waals surface area contributed by atoms with Gasteiger partial charge in [0.25, 0.3) is 11.6 Å². The highest BCUT2D eigenvalue weighted by molar-refractivity contribution is 8.18. The lowest BCUT2D eigenvalue weighted by Crippen LogP contribution is -2.38. The fourth-order valence-corrected chi connectivity index (χ4v) is 3.17. The number of allylic oxidation sites excluding steroid dienone is 2. The third-order valence-corrected chi connectivity index (χ3v) is 4.59. The van der Waals surface area contributed by atoms with E-state index in [1.54, 1.807) is 30.4 Å². The highest BCUT2D eigenvalue weighted by atomic mass is 32.2. The number of benzene rings is 1. The molecule has 0 aromatic heterocycles. The average molecular weight is 345 g/mol. The molecule has 2 aliphatic rings. The predicted molar refractivity (Wildman–Crippen MR) is 92.6 cm³/mol. The van der Waals surface area contributed by atoms with Crippen molar-refractivity contribution in [2.45, 2.75) is 0 Å². The van der Waals surface area contributed by atoms with E-state index in [1.165, 1.54) is 23.9 Å². The predicted octanol–water partition coefficient (Wildman–Crippen LogP) is 2.45. The molecule has 124 valence electrons. The average Bonchev–Trinajstić information content (AvgIpc) is 2.97. The first-order valence-electron chi connectivity index (χ1n) is 7.40. The number of ether oxygens (including phenoxy) is 1. The summed E-state index contributed by atoms with van der Waals surface area (Å²) in [4.78, 5) is 28.8. The number of amides is 1. The van der Waals surface area contributed by atoms with Gasteiger partial charge in [0.05, 0.1) is 23.0 Å². The number of carbonyl (C=O) groups excluding carboxylic acids is 1. The summed E-state index contributed by atoms with van der Waals surface area (Å²) in [6.45, 7) is 2.77. The largest absolute Gasteiger partial charge is 0.378 e. The summed E-state index contributed by atoms with van der Waals surface area (Å²) < 4.78 is 5.29. The second-order valence-electron chi connectivity index (χ2n) is 5.14. The standard InChI is InChI=1S/C16H15N3O4S/c20-15-14(24-16(17-15)18-8-10-23-11-9-18)3-1-2-12-4-6-13(7-5-12)19(21)22/h1-7H,8-11H2/b2-1+,14-3-.